The second-order valence-electron chi connectivity index (χ2n) is 4.80. The normalized spacial score (nSPS) is 13.3. The van der Waals surface area contributed by atoms with E-state index in [0.717, 1.165) is 23.5 Å². The lowest BCUT2D eigenvalue weighted by atomic mass is 10.2. The lowest BCUT2D eigenvalue weighted by Gasteiger charge is -2.15. The van der Waals surface area contributed by atoms with Gasteiger partial charge in [-0.15, -0.1) is 0 Å². The molecule has 0 aromatic heterocycles. The van der Waals surface area contributed by atoms with Gasteiger partial charge < -0.3 is 5.32 Å². The second kappa shape index (κ2) is 8.73. The highest BCUT2D eigenvalue weighted by molar-refractivity contribution is 7.99. The summed E-state index contributed by atoms with van der Waals surface area (Å²) in [7, 11) is -2.08. The van der Waals surface area contributed by atoms with E-state index in [2.05, 4.69) is 17.0 Å². The van der Waals surface area contributed by atoms with Gasteiger partial charge in [-0.3, -0.25) is 0 Å². The number of sulfonamides is 1. The van der Waals surface area contributed by atoms with Crippen molar-refractivity contribution in [2.75, 3.05) is 18.6 Å². The predicted octanol–water partition coefficient (Wildman–Crippen LogP) is 2.36. The van der Waals surface area contributed by atoms with Crippen LogP contribution in [0, 0.1) is 5.82 Å². The standard InChI is InChI=1S/C14H23FN2O2S2/c1-4-20-8-7-11(2)17-21(18,19)14-9-12(10-16-3)5-6-13(14)15/h5-6,9,11,16-17H,4,7-8,10H2,1-3H3. The molecule has 0 aliphatic carbocycles. The molecule has 0 aliphatic rings. The second-order valence-corrected chi connectivity index (χ2v) is 7.88. The van der Waals surface area contributed by atoms with Gasteiger partial charge in [0.05, 0.1) is 0 Å². The van der Waals surface area contributed by atoms with Crippen LogP contribution in [-0.2, 0) is 16.6 Å². The first-order valence-electron chi connectivity index (χ1n) is 6.93. The minimum absolute atomic E-state index is 0.221. The predicted molar refractivity (Wildman–Crippen MR) is 86.6 cm³/mol. The van der Waals surface area contributed by atoms with E-state index in [1.54, 1.807) is 31.8 Å². The van der Waals surface area contributed by atoms with Crippen LogP contribution in [0.4, 0.5) is 4.39 Å². The van der Waals surface area contributed by atoms with Gasteiger partial charge in [0.25, 0.3) is 0 Å². The van der Waals surface area contributed by atoms with Crippen molar-refractivity contribution in [3.8, 4) is 0 Å². The first-order valence-corrected chi connectivity index (χ1v) is 9.57. The highest BCUT2D eigenvalue weighted by Gasteiger charge is 2.21. The zero-order chi connectivity index (χ0) is 15.9. The molecule has 1 rings (SSSR count). The number of rotatable bonds is 9. The molecule has 2 N–H and O–H groups in total. The summed E-state index contributed by atoms with van der Waals surface area (Å²) >= 11 is 1.75. The molecule has 1 aromatic rings. The van der Waals surface area contributed by atoms with Crippen LogP contribution in [0.1, 0.15) is 25.8 Å². The zero-order valence-corrected chi connectivity index (χ0v) is 14.3. The van der Waals surface area contributed by atoms with Gasteiger partial charge in [-0.05, 0) is 49.6 Å². The van der Waals surface area contributed by atoms with E-state index < -0.39 is 15.8 Å². The first-order chi connectivity index (χ1) is 9.90. The Labute approximate surface area is 131 Å². The van der Waals surface area contributed by atoms with Crippen molar-refractivity contribution in [3.05, 3.63) is 29.6 Å². The molecule has 4 nitrogen and oxygen atoms in total. The van der Waals surface area contributed by atoms with Crippen molar-refractivity contribution in [2.45, 2.75) is 37.8 Å². The summed E-state index contributed by atoms with van der Waals surface area (Å²) in [5.41, 5.74) is 0.730. The maximum Gasteiger partial charge on any atom is 0.243 e. The molecule has 0 saturated heterocycles. The average molecular weight is 334 g/mol. The van der Waals surface area contributed by atoms with Gasteiger partial charge >= 0.3 is 0 Å². The summed E-state index contributed by atoms with van der Waals surface area (Å²) in [5, 5.41) is 2.92. The summed E-state index contributed by atoms with van der Waals surface area (Å²) < 4.78 is 40.9. The Morgan fingerprint density at radius 1 is 1.38 bits per heavy atom. The Morgan fingerprint density at radius 2 is 2.10 bits per heavy atom. The lowest BCUT2D eigenvalue weighted by molar-refractivity contribution is 0.539. The fourth-order valence-corrected chi connectivity index (χ4v) is 4.07. The molecule has 0 fully saturated rings. The van der Waals surface area contributed by atoms with Crippen LogP contribution in [0.25, 0.3) is 0 Å². The van der Waals surface area contributed by atoms with E-state index >= 15 is 0 Å². The highest BCUT2D eigenvalue weighted by Crippen LogP contribution is 2.17. The van der Waals surface area contributed by atoms with Gasteiger partial charge in [0.2, 0.25) is 10.0 Å². The molecule has 0 heterocycles. The van der Waals surface area contributed by atoms with Crippen LogP contribution in [0.5, 0.6) is 0 Å². The molecular weight excluding hydrogens is 311 g/mol. The average Bonchev–Trinajstić information content (AvgIpc) is 2.41. The molecule has 1 atom stereocenters. The summed E-state index contributed by atoms with van der Waals surface area (Å²) in [6.45, 7) is 4.34. The van der Waals surface area contributed by atoms with E-state index in [0.29, 0.717) is 6.54 Å². The molecule has 0 bridgehead atoms. The Bertz CT molecular complexity index is 550. The van der Waals surface area contributed by atoms with Crippen LogP contribution in [0.15, 0.2) is 23.1 Å². The SMILES string of the molecule is CCSCCC(C)NS(=O)(=O)c1cc(CNC)ccc1F. The molecule has 1 aromatic carbocycles. The number of halogens is 1. The third-order valence-electron chi connectivity index (χ3n) is 2.92. The van der Waals surface area contributed by atoms with Crippen molar-refractivity contribution in [3.63, 3.8) is 0 Å². The molecule has 120 valence electrons. The van der Waals surface area contributed by atoms with Crippen molar-refractivity contribution in [1.82, 2.24) is 10.0 Å². The Balaban J connectivity index is 2.84. The molecule has 0 radical (unpaired) electrons. The number of benzene rings is 1. The lowest BCUT2D eigenvalue weighted by Crippen LogP contribution is -2.33. The van der Waals surface area contributed by atoms with Crippen molar-refractivity contribution >= 4 is 21.8 Å². The quantitative estimate of drug-likeness (QED) is 0.681. The largest absolute Gasteiger partial charge is 0.316 e. The fourth-order valence-electron chi connectivity index (χ4n) is 1.86. The number of hydrogen-bond acceptors (Lipinski definition) is 4. The molecular formula is C14H23FN2O2S2. The maximum atomic E-state index is 13.8. The van der Waals surface area contributed by atoms with Gasteiger partial charge in [0, 0.05) is 12.6 Å². The van der Waals surface area contributed by atoms with Crippen molar-refractivity contribution in [2.24, 2.45) is 0 Å². The van der Waals surface area contributed by atoms with E-state index in [-0.39, 0.29) is 10.9 Å². The van der Waals surface area contributed by atoms with E-state index in [4.69, 9.17) is 0 Å². The molecule has 21 heavy (non-hydrogen) atoms. The highest BCUT2D eigenvalue weighted by atomic mass is 32.2. The van der Waals surface area contributed by atoms with Crippen LogP contribution in [-0.4, -0.2) is 33.0 Å². The van der Waals surface area contributed by atoms with Gasteiger partial charge in [-0.2, -0.15) is 11.8 Å². The van der Waals surface area contributed by atoms with Crippen LogP contribution in [0.2, 0.25) is 0 Å². The smallest absolute Gasteiger partial charge is 0.243 e. The fraction of sp³-hybridized carbons (Fsp3) is 0.571. The number of nitrogens with one attached hydrogen (secondary N) is 2. The Kier molecular flexibility index (Phi) is 7.65. The van der Waals surface area contributed by atoms with Gasteiger partial charge in [-0.1, -0.05) is 13.0 Å². The number of hydrogen-bond donors (Lipinski definition) is 2. The third-order valence-corrected chi connectivity index (χ3v) is 5.46. The third kappa shape index (κ3) is 5.94. The topological polar surface area (TPSA) is 58.2 Å². The molecule has 0 amide bonds. The molecule has 0 saturated carbocycles. The van der Waals surface area contributed by atoms with Crippen molar-refractivity contribution in [1.29, 1.82) is 0 Å². The first kappa shape index (κ1) is 18.4. The summed E-state index contributed by atoms with van der Waals surface area (Å²) in [6.07, 6.45) is 0.718. The van der Waals surface area contributed by atoms with Crippen LogP contribution < -0.4 is 10.0 Å². The van der Waals surface area contributed by atoms with E-state index in [1.165, 1.54) is 12.1 Å². The summed E-state index contributed by atoms with van der Waals surface area (Å²) in [6, 6.07) is 3.92. The minimum atomic E-state index is -3.83. The summed E-state index contributed by atoms with van der Waals surface area (Å²) in [4.78, 5) is -0.287. The van der Waals surface area contributed by atoms with E-state index in [9.17, 15) is 12.8 Å². The van der Waals surface area contributed by atoms with Crippen LogP contribution >= 0.6 is 11.8 Å². The minimum Gasteiger partial charge on any atom is -0.316 e. The van der Waals surface area contributed by atoms with Gasteiger partial charge in [0.1, 0.15) is 10.7 Å². The molecule has 0 spiro atoms. The number of thioether (sulfide) groups is 1. The van der Waals surface area contributed by atoms with E-state index in [1.807, 2.05) is 0 Å². The van der Waals surface area contributed by atoms with Gasteiger partial charge in [-0.25, -0.2) is 17.5 Å². The monoisotopic (exact) mass is 334 g/mol. The summed E-state index contributed by atoms with van der Waals surface area (Å²) in [5.74, 6) is 1.15. The zero-order valence-electron chi connectivity index (χ0n) is 12.6. The Morgan fingerprint density at radius 3 is 2.71 bits per heavy atom. The molecule has 0 aliphatic heterocycles. The van der Waals surface area contributed by atoms with Crippen molar-refractivity contribution < 1.29 is 12.8 Å². The Hall–Kier alpha value is -0.630. The maximum absolute atomic E-state index is 13.8. The molecule has 1 unspecified atom stereocenters. The molecule has 7 heteroatoms. The van der Waals surface area contributed by atoms with Gasteiger partial charge in [0.15, 0.2) is 0 Å². The van der Waals surface area contributed by atoms with Crippen LogP contribution in [0.3, 0.4) is 0 Å².